The first-order chi connectivity index (χ1) is 40.5. The first-order valence-electron chi connectivity index (χ1n) is 35.2. The molecule has 0 N–H and O–H groups in total. The van der Waals surface area contributed by atoms with Gasteiger partial charge in [0.2, 0.25) is 0 Å². The van der Waals surface area contributed by atoms with Crippen LogP contribution in [0, 0.1) is 0 Å². The molecule has 0 radical (unpaired) electrons. The van der Waals surface area contributed by atoms with Crippen molar-refractivity contribution in [3.63, 3.8) is 0 Å². The third-order valence-corrected chi connectivity index (χ3v) is 15.3. The maximum Gasteiger partial charge on any atom is 0.306 e. The zero-order valence-electron chi connectivity index (χ0n) is 54.2. The summed E-state index contributed by atoms with van der Waals surface area (Å²) in [7, 11) is 0. The van der Waals surface area contributed by atoms with Crippen molar-refractivity contribution in [1.82, 2.24) is 0 Å². The van der Waals surface area contributed by atoms with E-state index in [0.717, 1.165) is 122 Å². The molecule has 0 saturated carbocycles. The minimum atomic E-state index is -0.782. The van der Waals surface area contributed by atoms with Gasteiger partial charge in [0.25, 0.3) is 0 Å². The van der Waals surface area contributed by atoms with E-state index in [0.29, 0.717) is 19.3 Å². The molecule has 0 aromatic carbocycles. The van der Waals surface area contributed by atoms with E-state index in [1.807, 2.05) is 0 Å². The van der Waals surface area contributed by atoms with Crippen LogP contribution in [0.15, 0.2) is 97.2 Å². The van der Waals surface area contributed by atoms with Gasteiger partial charge in [0.1, 0.15) is 13.2 Å². The highest BCUT2D eigenvalue weighted by molar-refractivity contribution is 5.71. The van der Waals surface area contributed by atoms with Gasteiger partial charge in [-0.3, -0.25) is 14.4 Å². The van der Waals surface area contributed by atoms with Gasteiger partial charge in [-0.1, -0.05) is 323 Å². The van der Waals surface area contributed by atoms with Crippen LogP contribution in [0.3, 0.4) is 0 Å². The van der Waals surface area contributed by atoms with Gasteiger partial charge in [0, 0.05) is 19.3 Å². The maximum atomic E-state index is 12.9. The van der Waals surface area contributed by atoms with E-state index in [1.54, 1.807) is 0 Å². The normalized spacial score (nSPS) is 12.7. The predicted octanol–water partition coefficient (Wildman–Crippen LogP) is 24.4. The maximum absolute atomic E-state index is 12.9. The third-order valence-electron chi connectivity index (χ3n) is 15.3. The second kappa shape index (κ2) is 69.8. The van der Waals surface area contributed by atoms with Crippen LogP contribution in [0.25, 0.3) is 0 Å². The summed E-state index contributed by atoms with van der Waals surface area (Å²) in [6.45, 7) is 6.53. The molecule has 6 nitrogen and oxygen atoms in total. The molecule has 1 atom stereocenters. The molecule has 0 aromatic heterocycles. The van der Waals surface area contributed by atoms with Crippen LogP contribution < -0.4 is 0 Å². The van der Waals surface area contributed by atoms with Gasteiger partial charge in [-0.05, 0) is 103 Å². The molecule has 0 aliphatic carbocycles. The summed E-state index contributed by atoms with van der Waals surface area (Å²) in [4.78, 5) is 38.4. The summed E-state index contributed by atoms with van der Waals surface area (Å²) in [5, 5.41) is 0. The molecule has 472 valence electrons. The van der Waals surface area contributed by atoms with Crippen molar-refractivity contribution in [2.45, 2.75) is 354 Å². The first kappa shape index (κ1) is 78.3. The third kappa shape index (κ3) is 67.1. The predicted molar refractivity (Wildman–Crippen MR) is 357 cm³/mol. The van der Waals surface area contributed by atoms with Crippen LogP contribution >= 0.6 is 0 Å². The van der Waals surface area contributed by atoms with E-state index in [4.69, 9.17) is 14.2 Å². The number of hydrogen-bond acceptors (Lipinski definition) is 6. The molecule has 0 saturated heterocycles. The Balaban J connectivity index is 4.15. The van der Waals surface area contributed by atoms with Crippen LogP contribution in [0.2, 0.25) is 0 Å². The topological polar surface area (TPSA) is 78.9 Å². The van der Waals surface area contributed by atoms with Crippen molar-refractivity contribution in [2.24, 2.45) is 0 Å². The molecule has 82 heavy (non-hydrogen) atoms. The molecule has 1 unspecified atom stereocenters. The standard InChI is InChI=1S/C76H132O6/c1-4-7-10-13-16-19-22-25-28-29-30-31-32-33-34-35-36-37-38-39-40-41-42-43-44-45-46-47-49-51-54-57-60-63-66-69-75(78)81-72-73(71-80-74(77)68-65-62-59-56-53-50-27-24-21-18-15-12-9-6-3)82-76(79)70-67-64-61-58-55-52-48-26-23-20-17-14-11-8-5-2/h7,10,16-17,19-20,25-26,28,30-31,33-34,36-37,48,73H,4-6,8-9,11-15,18,21-24,27,29,32,35,38-47,49-72H2,1-3H3/b10-7-,19-16-,20-17-,28-25-,31-30-,34-33-,37-36-,48-26-. The van der Waals surface area contributed by atoms with Crippen molar-refractivity contribution in [3.8, 4) is 0 Å². The molecule has 0 aliphatic rings. The summed E-state index contributed by atoms with van der Waals surface area (Å²) in [5.41, 5.74) is 0. The van der Waals surface area contributed by atoms with E-state index < -0.39 is 6.10 Å². The van der Waals surface area contributed by atoms with Gasteiger partial charge in [-0.2, -0.15) is 0 Å². The Morgan fingerprint density at radius 2 is 0.476 bits per heavy atom. The van der Waals surface area contributed by atoms with Crippen molar-refractivity contribution >= 4 is 17.9 Å². The van der Waals surface area contributed by atoms with Crippen molar-refractivity contribution < 1.29 is 28.6 Å². The van der Waals surface area contributed by atoms with Gasteiger partial charge in [-0.25, -0.2) is 0 Å². The molecule has 0 aromatic rings. The van der Waals surface area contributed by atoms with Gasteiger partial charge in [0.05, 0.1) is 0 Å². The number of esters is 3. The minimum absolute atomic E-state index is 0.0774. The average Bonchev–Trinajstić information content (AvgIpc) is 3.48. The highest BCUT2D eigenvalue weighted by atomic mass is 16.6. The van der Waals surface area contributed by atoms with Gasteiger partial charge in [-0.15, -0.1) is 0 Å². The second-order valence-corrected chi connectivity index (χ2v) is 23.4. The summed E-state index contributed by atoms with van der Waals surface area (Å²) in [6.07, 6.45) is 94.4. The lowest BCUT2D eigenvalue weighted by Crippen LogP contribution is -2.30. The smallest absolute Gasteiger partial charge is 0.306 e. The van der Waals surface area contributed by atoms with Crippen LogP contribution in [-0.2, 0) is 28.6 Å². The quantitative estimate of drug-likeness (QED) is 0.0261. The number of rotatable bonds is 64. The fourth-order valence-corrected chi connectivity index (χ4v) is 10.1. The first-order valence-corrected chi connectivity index (χ1v) is 35.2. The fourth-order valence-electron chi connectivity index (χ4n) is 10.1. The Bertz CT molecular complexity index is 1590. The number of ether oxygens (including phenoxy) is 3. The summed E-state index contributed by atoms with van der Waals surface area (Å²) >= 11 is 0. The molecule has 0 aliphatic heterocycles. The largest absolute Gasteiger partial charge is 0.462 e. The Labute approximate surface area is 508 Å². The van der Waals surface area contributed by atoms with E-state index in [2.05, 4.69) is 118 Å². The zero-order valence-corrected chi connectivity index (χ0v) is 54.2. The van der Waals surface area contributed by atoms with E-state index in [9.17, 15) is 14.4 Å². The molecule has 0 rings (SSSR count). The van der Waals surface area contributed by atoms with Crippen LogP contribution in [0.5, 0.6) is 0 Å². The zero-order chi connectivity index (χ0) is 59.2. The van der Waals surface area contributed by atoms with Crippen LogP contribution in [-0.4, -0.2) is 37.2 Å². The number of carbonyl (C=O) groups excluding carboxylic acids is 3. The Kier molecular flexibility index (Phi) is 66.7. The van der Waals surface area contributed by atoms with E-state index in [-0.39, 0.29) is 31.1 Å². The Morgan fingerprint density at radius 3 is 0.768 bits per heavy atom. The average molecular weight is 1140 g/mol. The lowest BCUT2D eigenvalue weighted by atomic mass is 10.0. The summed E-state index contributed by atoms with van der Waals surface area (Å²) < 4.78 is 16.9. The minimum Gasteiger partial charge on any atom is -0.462 e. The number of unbranched alkanes of at least 4 members (excludes halogenated alkanes) is 37. The van der Waals surface area contributed by atoms with Crippen LogP contribution in [0.1, 0.15) is 348 Å². The fraction of sp³-hybridized carbons (Fsp3) is 0.750. The molecule has 0 bridgehead atoms. The van der Waals surface area contributed by atoms with E-state index >= 15 is 0 Å². The van der Waals surface area contributed by atoms with Crippen LogP contribution in [0.4, 0.5) is 0 Å². The van der Waals surface area contributed by atoms with Gasteiger partial charge < -0.3 is 14.2 Å². The van der Waals surface area contributed by atoms with Gasteiger partial charge in [0.15, 0.2) is 6.10 Å². The SMILES string of the molecule is CC/C=C\C/C=C\C/C=C\C/C=C\C/C=C\C/C=C\CCCCCCCCCCCCCCCCCCC(=O)OCC(COC(=O)CCCCCCCCCCCCCCCC)OC(=O)CCCCCCC/C=C\C/C=C\CCCCC. The Hall–Kier alpha value is -3.67. The summed E-state index contributed by atoms with van der Waals surface area (Å²) in [6, 6.07) is 0. The lowest BCUT2D eigenvalue weighted by Gasteiger charge is -2.18. The highest BCUT2D eigenvalue weighted by Gasteiger charge is 2.19. The molecule has 0 spiro atoms. The number of allylic oxidation sites excluding steroid dienone is 16. The Morgan fingerprint density at radius 1 is 0.256 bits per heavy atom. The lowest BCUT2D eigenvalue weighted by molar-refractivity contribution is -0.167. The highest BCUT2D eigenvalue weighted by Crippen LogP contribution is 2.17. The van der Waals surface area contributed by atoms with E-state index in [1.165, 1.54) is 186 Å². The molecular weight excluding hydrogens is 1010 g/mol. The van der Waals surface area contributed by atoms with Crippen molar-refractivity contribution in [1.29, 1.82) is 0 Å². The number of carbonyl (C=O) groups is 3. The molecular formula is C76H132O6. The molecule has 0 fully saturated rings. The second-order valence-electron chi connectivity index (χ2n) is 23.4. The molecule has 6 heteroatoms. The molecule has 0 heterocycles. The monoisotopic (exact) mass is 1140 g/mol. The number of hydrogen-bond donors (Lipinski definition) is 0. The van der Waals surface area contributed by atoms with Crippen molar-refractivity contribution in [3.05, 3.63) is 97.2 Å². The summed E-state index contributed by atoms with van der Waals surface area (Å²) in [5.74, 6) is -0.874. The van der Waals surface area contributed by atoms with Gasteiger partial charge >= 0.3 is 17.9 Å². The van der Waals surface area contributed by atoms with Crippen molar-refractivity contribution in [2.75, 3.05) is 13.2 Å². The molecule has 0 amide bonds.